The molecular formula is C7H4BrClF3NO2S. The molecule has 0 aromatic carbocycles. The standard InChI is InChI=1S/C7H4BrClF3NO2S/c8-5-1-4(2-13-3-5)6(7(10,11)12)16(9,14)15/h1-3,6H. The molecule has 0 aliphatic carbocycles. The molecular weight excluding hydrogens is 334 g/mol. The molecule has 1 aromatic heterocycles. The lowest BCUT2D eigenvalue weighted by Gasteiger charge is -2.17. The number of alkyl halides is 3. The van der Waals surface area contributed by atoms with Crippen LogP contribution in [0.4, 0.5) is 13.2 Å². The van der Waals surface area contributed by atoms with Gasteiger partial charge in [0.1, 0.15) is 0 Å². The van der Waals surface area contributed by atoms with Crippen molar-refractivity contribution in [3.8, 4) is 0 Å². The van der Waals surface area contributed by atoms with Gasteiger partial charge in [-0.25, -0.2) is 8.42 Å². The normalized spacial score (nSPS) is 14.8. The molecule has 0 fully saturated rings. The summed E-state index contributed by atoms with van der Waals surface area (Å²) in [5.41, 5.74) is -0.531. The summed E-state index contributed by atoms with van der Waals surface area (Å²) >= 11 is 2.90. The minimum absolute atomic E-state index is 0.236. The van der Waals surface area contributed by atoms with Crippen LogP contribution in [-0.2, 0) is 9.05 Å². The molecule has 0 aliphatic rings. The van der Waals surface area contributed by atoms with Gasteiger partial charge in [0.05, 0.1) is 0 Å². The first-order chi connectivity index (χ1) is 7.12. The third kappa shape index (κ3) is 3.33. The van der Waals surface area contributed by atoms with Crippen LogP contribution in [0.15, 0.2) is 22.9 Å². The predicted molar refractivity (Wildman–Crippen MR) is 55.5 cm³/mol. The van der Waals surface area contributed by atoms with E-state index in [0.29, 0.717) is 0 Å². The van der Waals surface area contributed by atoms with Gasteiger partial charge in [0.2, 0.25) is 9.05 Å². The van der Waals surface area contributed by atoms with Crippen LogP contribution in [0.5, 0.6) is 0 Å². The van der Waals surface area contributed by atoms with Gasteiger partial charge in [0.15, 0.2) is 5.25 Å². The fourth-order valence-electron chi connectivity index (χ4n) is 1.08. The van der Waals surface area contributed by atoms with Crippen molar-refractivity contribution in [2.45, 2.75) is 11.4 Å². The van der Waals surface area contributed by atoms with Gasteiger partial charge in [-0.3, -0.25) is 4.98 Å². The number of pyridine rings is 1. The molecule has 0 aliphatic heterocycles. The zero-order valence-electron chi connectivity index (χ0n) is 7.37. The summed E-state index contributed by atoms with van der Waals surface area (Å²) in [6, 6.07) is 1.01. The van der Waals surface area contributed by atoms with Gasteiger partial charge < -0.3 is 0 Å². The van der Waals surface area contributed by atoms with E-state index in [1.165, 1.54) is 6.20 Å². The summed E-state index contributed by atoms with van der Waals surface area (Å²) in [4.78, 5) is 3.46. The Morgan fingerprint density at radius 1 is 1.38 bits per heavy atom. The predicted octanol–water partition coefficient (Wildman–Crippen LogP) is 3.02. The molecule has 0 radical (unpaired) electrons. The van der Waals surface area contributed by atoms with Crippen molar-refractivity contribution in [2.75, 3.05) is 0 Å². The van der Waals surface area contributed by atoms with Crippen LogP contribution in [0.1, 0.15) is 10.8 Å². The first kappa shape index (κ1) is 13.7. The quantitative estimate of drug-likeness (QED) is 0.779. The maximum absolute atomic E-state index is 12.5. The van der Waals surface area contributed by atoms with Gasteiger partial charge in [-0.1, -0.05) is 0 Å². The summed E-state index contributed by atoms with van der Waals surface area (Å²) in [7, 11) is -0.0262. The van der Waals surface area contributed by atoms with Crippen LogP contribution < -0.4 is 0 Å². The molecule has 0 bridgehead atoms. The largest absolute Gasteiger partial charge is 0.410 e. The van der Waals surface area contributed by atoms with E-state index < -0.39 is 26.0 Å². The molecule has 0 amide bonds. The third-order valence-electron chi connectivity index (χ3n) is 1.61. The Bertz CT molecular complexity index is 491. The van der Waals surface area contributed by atoms with Crippen LogP contribution in [0.3, 0.4) is 0 Å². The molecule has 1 aromatic rings. The van der Waals surface area contributed by atoms with Gasteiger partial charge in [0, 0.05) is 33.1 Å². The SMILES string of the molecule is O=S(=O)(Cl)C(c1cncc(Br)c1)C(F)(F)F. The maximum Gasteiger partial charge on any atom is 0.410 e. The Balaban J connectivity index is 3.34. The van der Waals surface area contributed by atoms with E-state index in [9.17, 15) is 21.6 Å². The lowest BCUT2D eigenvalue weighted by atomic mass is 10.2. The summed E-state index contributed by atoms with van der Waals surface area (Å²) in [6.07, 6.45) is -2.94. The monoisotopic (exact) mass is 337 g/mol. The van der Waals surface area contributed by atoms with Crippen molar-refractivity contribution in [2.24, 2.45) is 0 Å². The number of aromatic nitrogens is 1. The minimum Gasteiger partial charge on any atom is -0.263 e. The van der Waals surface area contributed by atoms with Crippen molar-refractivity contribution >= 4 is 35.7 Å². The summed E-state index contributed by atoms with van der Waals surface area (Å²) in [5.74, 6) is 0. The van der Waals surface area contributed by atoms with Gasteiger partial charge in [-0.05, 0) is 22.0 Å². The first-order valence-corrected chi connectivity index (χ1v) is 6.89. The second-order valence-electron chi connectivity index (χ2n) is 2.83. The molecule has 1 atom stereocenters. The van der Waals surface area contributed by atoms with Crippen molar-refractivity contribution in [3.63, 3.8) is 0 Å². The highest BCUT2D eigenvalue weighted by atomic mass is 79.9. The topological polar surface area (TPSA) is 47.0 Å². The van der Waals surface area contributed by atoms with Crippen molar-refractivity contribution in [1.29, 1.82) is 0 Å². The highest BCUT2D eigenvalue weighted by Gasteiger charge is 2.49. The Hall–Kier alpha value is -0.340. The van der Waals surface area contributed by atoms with E-state index in [0.717, 1.165) is 12.3 Å². The Morgan fingerprint density at radius 3 is 2.31 bits per heavy atom. The fraction of sp³-hybridized carbons (Fsp3) is 0.286. The van der Waals surface area contributed by atoms with E-state index >= 15 is 0 Å². The molecule has 3 nitrogen and oxygen atoms in total. The lowest BCUT2D eigenvalue weighted by molar-refractivity contribution is -0.131. The van der Waals surface area contributed by atoms with Crippen LogP contribution in [0.2, 0.25) is 0 Å². The molecule has 1 rings (SSSR count). The summed E-state index contributed by atoms with van der Waals surface area (Å²) in [5, 5.41) is -2.77. The Kier molecular flexibility index (Phi) is 3.86. The second-order valence-corrected chi connectivity index (χ2v) is 6.46. The summed E-state index contributed by atoms with van der Waals surface area (Å²) < 4.78 is 59.6. The summed E-state index contributed by atoms with van der Waals surface area (Å²) in [6.45, 7) is 0. The Labute approximate surface area is 102 Å². The van der Waals surface area contributed by atoms with Crippen LogP contribution in [0.25, 0.3) is 0 Å². The lowest BCUT2D eigenvalue weighted by Crippen LogP contribution is -2.25. The number of hydrogen-bond acceptors (Lipinski definition) is 3. The van der Waals surface area contributed by atoms with E-state index in [2.05, 4.69) is 20.9 Å². The first-order valence-electron chi connectivity index (χ1n) is 3.73. The molecule has 0 saturated heterocycles. The molecule has 90 valence electrons. The van der Waals surface area contributed by atoms with Gasteiger partial charge in [-0.15, -0.1) is 0 Å². The molecule has 0 spiro atoms. The van der Waals surface area contributed by atoms with Crippen molar-refractivity contribution in [1.82, 2.24) is 4.98 Å². The van der Waals surface area contributed by atoms with Crippen LogP contribution in [0, 0.1) is 0 Å². The van der Waals surface area contributed by atoms with Crippen LogP contribution in [-0.4, -0.2) is 19.6 Å². The van der Waals surface area contributed by atoms with E-state index in [1.807, 2.05) is 0 Å². The number of halogens is 5. The molecule has 0 saturated carbocycles. The van der Waals surface area contributed by atoms with Gasteiger partial charge in [0.25, 0.3) is 0 Å². The fourth-order valence-corrected chi connectivity index (χ4v) is 2.85. The zero-order valence-corrected chi connectivity index (χ0v) is 10.5. The second kappa shape index (κ2) is 4.50. The Morgan fingerprint density at radius 2 is 1.94 bits per heavy atom. The van der Waals surface area contributed by atoms with E-state index in [1.54, 1.807) is 0 Å². The minimum atomic E-state index is -4.98. The number of nitrogens with zero attached hydrogens (tertiary/aromatic N) is 1. The molecule has 9 heteroatoms. The highest BCUT2D eigenvalue weighted by Crippen LogP contribution is 2.41. The van der Waals surface area contributed by atoms with Gasteiger partial charge >= 0.3 is 6.18 Å². The van der Waals surface area contributed by atoms with Crippen LogP contribution >= 0.6 is 26.6 Å². The maximum atomic E-state index is 12.5. The average molecular weight is 339 g/mol. The van der Waals surface area contributed by atoms with E-state index in [4.69, 9.17) is 10.7 Å². The molecule has 16 heavy (non-hydrogen) atoms. The van der Waals surface area contributed by atoms with Crippen molar-refractivity contribution < 1.29 is 21.6 Å². The highest BCUT2D eigenvalue weighted by molar-refractivity contribution is 9.10. The van der Waals surface area contributed by atoms with Crippen molar-refractivity contribution in [3.05, 3.63) is 28.5 Å². The third-order valence-corrected chi connectivity index (χ3v) is 3.68. The smallest absolute Gasteiger partial charge is 0.263 e. The molecule has 1 unspecified atom stereocenters. The zero-order chi connectivity index (χ0) is 12.6. The number of hydrogen-bond donors (Lipinski definition) is 0. The molecule has 1 heterocycles. The van der Waals surface area contributed by atoms with E-state index in [-0.39, 0.29) is 4.47 Å². The van der Waals surface area contributed by atoms with Gasteiger partial charge in [-0.2, -0.15) is 13.2 Å². The number of rotatable bonds is 2. The average Bonchev–Trinajstić information content (AvgIpc) is 1.97. The molecule has 0 N–H and O–H groups in total.